The SMILES string of the molecule is CC(C)C(NC(=O)CO/N=C/c1ccccc1[N+](=O)[O-])c1cccs1. The molecule has 0 spiro atoms. The molecular weight excluding hydrogens is 342 g/mol. The van der Waals surface area contributed by atoms with Crippen molar-refractivity contribution < 1.29 is 14.6 Å². The smallest absolute Gasteiger partial charge is 0.278 e. The lowest BCUT2D eigenvalue weighted by atomic mass is 10.0. The number of carbonyl (C=O) groups excluding carboxylic acids is 1. The molecule has 2 aromatic rings. The number of oxime groups is 1. The second-order valence-electron chi connectivity index (χ2n) is 5.63. The van der Waals surface area contributed by atoms with Gasteiger partial charge in [0.05, 0.1) is 22.7 Å². The first-order valence-corrected chi connectivity index (χ1v) is 8.58. The summed E-state index contributed by atoms with van der Waals surface area (Å²) in [5.41, 5.74) is 0.239. The van der Waals surface area contributed by atoms with Crippen LogP contribution < -0.4 is 5.32 Å². The summed E-state index contributed by atoms with van der Waals surface area (Å²) in [4.78, 5) is 28.5. The summed E-state index contributed by atoms with van der Waals surface area (Å²) in [6.07, 6.45) is 1.23. The van der Waals surface area contributed by atoms with E-state index in [4.69, 9.17) is 4.84 Å². The number of hydrogen-bond donors (Lipinski definition) is 1. The molecule has 132 valence electrons. The van der Waals surface area contributed by atoms with Crippen molar-refractivity contribution in [2.24, 2.45) is 11.1 Å². The topological polar surface area (TPSA) is 93.8 Å². The highest BCUT2D eigenvalue weighted by molar-refractivity contribution is 7.10. The van der Waals surface area contributed by atoms with E-state index in [1.54, 1.807) is 29.5 Å². The Balaban J connectivity index is 1.89. The van der Waals surface area contributed by atoms with E-state index in [1.165, 1.54) is 12.3 Å². The summed E-state index contributed by atoms with van der Waals surface area (Å²) >= 11 is 1.58. The van der Waals surface area contributed by atoms with Gasteiger partial charge in [-0.1, -0.05) is 37.2 Å². The standard InChI is InChI=1S/C17H19N3O4S/c1-12(2)17(15-8-5-9-25-15)19-16(21)11-24-18-10-13-6-3-4-7-14(13)20(22)23/h3-10,12,17H,11H2,1-2H3,(H,19,21)/b18-10+. The minimum atomic E-state index is -0.498. The summed E-state index contributed by atoms with van der Waals surface area (Å²) in [5.74, 6) is -0.0649. The number of benzene rings is 1. The lowest BCUT2D eigenvalue weighted by Gasteiger charge is -2.20. The molecule has 1 aromatic heterocycles. The minimum Gasteiger partial charge on any atom is -0.386 e. The first-order valence-electron chi connectivity index (χ1n) is 7.70. The lowest BCUT2D eigenvalue weighted by molar-refractivity contribution is -0.385. The molecule has 1 atom stereocenters. The van der Waals surface area contributed by atoms with Crippen LogP contribution in [0.5, 0.6) is 0 Å². The predicted molar refractivity (Wildman–Crippen MR) is 96.7 cm³/mol. The molecule has 1 amide bonds. The molecule has 0 aliphatic heterocycles. The van der Waals surface area contributed by atoms with E-state index >= 15 is 0 Å². The third-order valence-electron chi connectivity index (χ3n) is 3.43. The lowest BCUT2D eigenvalue weighted by Crippen LogP contribution is -2.33. The highest BCUT2D eigenvalue weighted by Crippen LogP contribution is 2.25. The Morgan fingerprint density at radius 3 is 2.76 bits per heavy atom. The predicted octanol–water partition coefficient (Wildman–Crippen LogP) is 3.52. The van der Waals surface area contributed by atoms with Gasteiger partial charge in [-0.05, 0) is 23.4 Å². The average Bonchev–Trinajstić information content (AvgIpc) is 3.10. The van der Waals surface area contributed by atoms with E-state index in [-0.39, 0.29) is 30.2 Å². The molecule has 2 rings (SSSR count). The normalized spacial score (nSPS) is 12.3. The van der Waals surface area contributed by atoms with E-state index in [0.29, 0.717) is 5.56 Å². The van der Waals surface area contributed by atoms with Crippen molar-refractivity contribution in [1.29, 1.82) is 0 Å². The van der Waals surface area contributed by atoms with Gasteiger partial charge in [-0.25, -0.2) is 0 Å². The number of nitro groups is 1. The second-order valence-corrected chi connectivity index (χ2v) is 6.61. The number of nitro benzene ring substituents is 1. The quantitative estimate of drug-likeness (QED) is 0.442. The van der Waals surface area contributed by atoms with Crippen LogP contribution in [0.1, 0.15) is 30.3 Å². The highest BCUT2D eigenvalue weighted by atomic mass is 32.1. The second kappa shape index (κ2) is 8.93. The summed E-state index contributed by atoms with van der Waals surface area (Å²) in [5, 5.41) is 19.4. The molecule has 0 radical (unpaired) electrons. The van der Waals surface area contributed by atoms with Gasteiger partial charge >= 0.3 is 0 Å². The van der Waals surface area contributed by atoms with Crippen LogP contribution in [0.25, 0.3) is 0 Å². The molecule has 0 fully saturated rings. The van der Waals surface area contributed by atoms with Gasteiger partial charge in [-0.2, -0.15) is 0 Å². The van der Waals surface area contributed by atoms with Crippen molar-refractivity contribution in [2.75, 3.05) is 6.61 Å². The Hall–Kier alpha value is -2.74. The van der Waals surface area contributed by atoms with Crippen LogP contribution >= 0.6 is 11.3 Å². The fourth-order valence-electron chi connectivity index (χ4n) is 2.20. The number of nitrogens with one attached hydrogen (secondary N) is 1. The largest absolute Gasteiger partial charge is 0.386 e. The molecule has 0 aliphatic carbocycles. The first-order chi connectivity index (χ1) is 12.0. The average molecular weight is 361 g/mol. The van der Waals surface area contributed by atoms with E-state index in [0.717, 1.165) is 4.88 Å². The summed E-state index contributed by atoms with van der Waals surface area (Å²) in [7, 11) is 0. The molecule has 1 unspecified atom stereocenters. The summed E-state index contributed by atoms with van der Waals surface area (Å²) in [6, 6.07) is 9.99. The summed E-state index contributed by atoms with van der Waals surface area (Å²) in [6.45, 7) is 3.79. The van der Waals surface area contributed by atoms with Crippen molar-refractivity contribution in [3.05, 3.63) is 62.3 Å². The van der Waals surface area contributed by atoms with Crippen molar-refractivity contribution in [2.45, 2.75) is 19.9 Å². The Morgan fingerprint density at radius 1 is 1.36 bits per heavy atom. The highest BCUT2D eigenvalue weighted by Gasteiger charge is 2.19. The number of rotatable bonds is 8. The van der Waals surface area contributed by atoms with E-state index in [1.807, 2.05) is 31.4 Å². The van der Waals surface area contributed by atoms with Crippen molar-refractivity contribution in [3.8, 4) is 0 Å². The number of thiophene rings is 1. The monoisotopic (exact) mass is 361 g/mol. The van der Waals surface area contributed by atoms with Gasteiger partial charge in [0, 0.05) is 10.9 Å². The zero-order valence-corrected chi connectivity index (χ0v) is 14.7. The van der Waals surface area contributed by atoms with Crippen LogP contribution in [-0.2, 0) is 9.63 Å². The fraction of sp³-hybridized carbons (Fsp3) is 0.294. The Labute approximate surface area is 149 Å². The zero-order chi connectivity index (χ0) is 18.2. The van der Waals surface area contributed by atoms with E-state index in [9.17, 15) is 14.9 Å². The van der Waals surface area contributed by atoms with Crippen LogP contribution in [0.3, 0.4) is 0 Å². The van der Waals surface area contributed by atoms with Crippen LogP contribution in [0.15, 0.2) is 46.9 Å². The van der Waals surface area contributed by atoms with Gasteiger partial charge in [0.15, 0.2) is 6.61 Å². The van der Waals surface area contributed by atoms with Crippen LogP contribution in [0, 0.1) is 16.0 Å². The molecule has 0 saturated heterocycles. The molecule has 0 saturated carbocycles. The Morgan fingerprint density at radius 2 is 2.12 bits per heavy atom. The van der Waals surface area contributed by atoms with Gasteiger partial charge in [-0.3, -0.25) is 14.9 Å². The number of hydrogen-bond acceptors (Lipinski definition) is 6. The van der Waals surface area contributed by atoms with Crippen LogP contribution in [0.4, 0.5) is 5.69 Å². The third kappa shape index (κ3) is 5.39. The Bertz CT molecular complexity index is 744. The maximum atomic E-state index is 12.0. The van der Waals surface area contributed by atoms with Crippen molar-refractivity contribution >= 4 is 29.1 Å². The molecule has 1 heterocycles. The van der Waals surface area contributed by atoms with Crippen LogP contribution in [-0.4, -0.2) is 23.7 Å². The maximum Gasteiger partial charge on any atom is 0.278 e. The van der Waals surface area contributed by atoms with Gasteiger partial charge in [0.25, 0.3) is 11.6 Å². The minimum absolute atomic E-state index is 0.0723. The van der Waals surface area contributed by atoms with Crippen molar-refractivity contribution in [3.63, 3.8) is 0 Å². The van der Waals surface area contributed by atoms with Gasteiger partial charge < -0.3 is 10.2 Å². The van der Waals surface area contributed by atoms with E-state index in [2.05, 4.69) is 10.5 Å². The fourth-order valence-corrected chi connectivity index (χ4v) is 3.15. The maximum absolute atomic E-state index is 12.0. The number of para-hydroxylation sites is 1. The summed E-state index contributed by atoms with van der Waals surface area (Å²) < 4.78 is 0. The van der Waals surface area contributed by atoms with Gasteiger partial charge in [0.1, 0.15) is 0 Å². The molecule has 1 N–H and O–H groups in total. The van der Waals surface area contributed by atoms with E-state index < -0.39 is 4.92 Å². The van der Waals surface area contributed by atoms with Crippen LogP contribution in [0.2, 0.25) is 0 Å². The third-order valence-corrected chi connectivity index (χ3v) is 4.38. The molecule has 8 heteroatoms. The molecule has 0 aliphatic rings. The molecular formula is C17H19N3O4S. The zero-order valence-electron chi connectivity index (χ0n) is 13.9. The molecule has 1 aromatic carbocycles. The van der Waals surface area contributed by atoms with Gasteiger partial charge in [0.2, 0.25) is 0 Å². The molecule has 7 nitrogen and oxygen atoms in total. The van der Waals surface area contributed by atoms with Gasteiger partial charge in [-0.15, -0.1) is 11.3 Å². The number of nitrogens with zero attached hydrogens (tertiary/aromatic N) is 2. The Kier molecular flexibility index (Phi) is 6.64. The molecule has 0 bridgehead atoms. The van der Waals surface area contributed by atoms with Crippen molar-refractivity contribution in [1.82, 2.24) is 5.32 Å². The number of carbonyl (C=O) groups is 1. The first kappa shape index (κ1) is 18.6. The molecule has 25 heavy (non-hydrogen) atoms. The number of amides is 1.